The van der Waals surface area contributed by atoms with E-state index in [-0.39, 0.29) is 18.4 Å². The van der Waals surface area contributed by atoms with Gasteiger partial charge >= 0.3 is 5.97 Å². The minimum Gasteiger partial charge on any atom is -0.484 e. The SMILES string of the molecule is CCCCn1c(C(=O)Nc2sc(C)c(-c3ccc(OCC(=O)N(CC)CC)cc3)c2C(=O)OC)c(C)c2ccccc21. The summed E-state index contributed by atoms with van der Waals surface area (Å²) in [7, 11) is 1.33. The molecular weight excluding hydrogens is 550 g/mol. The predicted octanol–water partition coefficient (Wildman–Crippen LogP) is 7.07. The highest BCUT2D eigenvalue weighted by Crippen LogP contribution is 2.41. The summed E-state index contributed by atoms with van der Waals surface area (Å²) >= 11 is 1.34. The predicted molar refractivity (Wildman–Crippen MR) is 169 cm³/mol. The van der Waals surface area contributed by atoms with E-state index in [1.165, 1.54) is 18.4 Å². The van der Waals surface area contributed by atoms with Gasteiger partial charge in [-0.2, -0.15) is 0 Å². The summed E-state index contributed by atoms with van der Waals surface area (Å²) in [6.07, 6.45) is 1.94. The fraction of sp³-hybridized carbons (Fsp3) is 0.364. The number of hydrogen-bond donors (Lipinski definition) is 1. The van der Waals surface area contributed by atoms with Crippen molar-refractivity contribution >= 4 is 45.0 Å². The summed E-state index contributed by atoms with van der Waals surface area (Å²) < 4.78 is 13.0. The molecule has 9 heteroatoms. The second kappa shape index (κ2) is 13.7. The van der Waals surface area contributed by atoms with Gasteiger partial charge in [0.2, 0.25) is 0 Å². The largest absolute Gasteiger partial charge is 0.484 e. The molecule has 2 aromatic carbocycles. The maximum Gasteiger partial charge on any atom is 0.341 e. The van der Waals surface area contributed by atoms with E-state index in [2.05, 4.69) is 16.8 Å². The first-order valence-corrected chi connectivity index (χ1v) is 15.2. The minimum absolute atomic E-state index is 0.0451. The highest BCUT2D eigenvalue weighted by molar-refractivity contribution is 7.17. The number of amides is 2. The number of carbonyl (C=O) groups is 3. The maximum absolute atomic E-state index is 13.8. The Morgan fingerprint density at radius 3 is 2.31 bits per heavy atom. The molecule has 0 saturated heterocycles. The van der Waals surface area contributed by atoms with Gasteiger partial charge in [-0.1, -0.05) is 43.7 Å². The molecule has 0 spiro atoms. The van der Waals surface area contributed by atoms with Crippen LogP contribution in [0, 0.1) is 13.8 Å². The van der Waals surface area contributed by atoms with Crippen LogP contribution in [0.4, 0.5) is 5.00 Å². The average Bonchev–Trinajstić information content (AvgIpc) is 3.48. The van der Waals surface area contributed by atoms with Gasteiger partial charge in [-0.05, 0) is 63.4 Å². The molecular formula is C33H39N3O5S. The molecule has 42 heavy (non-hydrogen) atoms. The first-order valence-electron chi connectivity index (χ1n) is 14.4. The van der Waals surface area contributed by atoms with Crippen LogP contribution in [-0.2, 0) is 16.1 Å². The van der Waals surface area contributed by atoms with Crippen LogP contribution in [0.15, 0.2) is 48.5 Å². The number of aromatic nitrogens is 1. The van der Waals surface area contributed by atoms with Crippen molar-refractivity contribution < 1.29 is 23.9 Å². The monoisotopic (exact) mass is 589 g/mol. The number of unbranched alkanes of at least 4 members (excludes halogenated alkanes) is 1. The maximum atomic E-state index is 13.8. The lowest BCUT2D eigenvalue weighted by molar-refractivity contribution is -0.132. The number of carbonyl (C=O) groups excluding carboxylic acids is 3. The van der Waals surface area contributed by atoms with Gasteiger partial charge in [-0.15, -0.1) is 11.3 Å². The van der Waals surface area contributed by atoms with Crippen molar-refractivity contribution in [3.05, 3.63) is 70.2 Å². The molecule has 8 nitrogen and oxygen atoms in total. The Bertz CT molecular complexity index is 1580. The van der Waals surface area contributed by atoms with Gasteiger partial charge in [0, 0.05) is 41.0 Å². The number of fused-ring (bicyclic) bond motifs is 1. The molecule has 2 amide bonds. The molecule has 0 atom stereocenters. The first kappa shape index (κ1) is 30.8. The zero-order valence-electron chi connectivity index (χ0n) is 25.2. The van der Waals surface area contributed by atoms with Crippen LogP contribution in [0.3, 0.4) is 0 Å². The number of anilines is 1. The van der Waals surface area contributed by atoms with Crippen molar-refractivity contribution in [1.29, 1.82) is 0 Å². The lowest BCUT2D eigenvalue weighted by atomic mass is 10.0. The Morgan fingerprint density at radius 1 is 0.976 bits per heavy atom. The van der Waals surface area contributed by atoms with Crippen LogP contribution < -0.4 is 10.1 Å². The third-order valence-electron chi connectivity index (χ3n) is 7.50. The molecule has 1 N–H and O–H groups in total. The van der Waals surface area contributed by atoms with Crippen molar-refractivity contribution in [2.45, 2.75) is 54.0 Å². The lowest BCUT2D eigenvalue weighted by Crippen LogP contribution is -2.34. The number of ether oxygens (including phenoxy) is 2. The third kappa shape index (κ3) is 6.21. The number of nitrogens with zero attached hydrogens (tertiary/aromatic N) is 2. The minimum atomic E-state index is -0.530. The van der Waals surface area contributed by atoms with Gasteiger partial charge < -0.3 is 24.3 Å². The molecule has 2 aromatic heterocycles. The first-order chi connectivity index (χ1) is 20.2. The number of benzene rings is 2. The zero-order chi connectivity index (χ0) is 30.4. The van der Waals surface area contributed by atoms with Crippen molar-refractivity contribution in [3.8, 4) is 16.9 Å². The summed E-state index contributed by atoms with van der Waals surface area (Å²) in [6, 6.07) is 15.3. The van der Waals surface area contributed by atoms with Gasteiger partial charge in [0.25, 0.3) is 11.8 Å². The van der Waals surface area contributed by atoms with E-state index in [0.717, 1.165) is 46.3 Å². The summed E-state index contributed by atoms with van der Waals surface area (Å²) in [5.41, 5.74) is 4.30. The van der Waals surface area contributed by atoms with E-state index in [1.807, 2.05) is 64.1 Å². The molecule has 2 heterocycles. The number of hydrogen-bond acceptors (Lipinski definition) is 6. The molecule has 4 rings (SSSR count). The van der Waals surface area contributed by atoms with Crippen LogP contribution in [-0.4, -0.2) is 54.1 Å². The molecule has 0 aliphatic heterocycles. The molecule has 0 saturated carbocycles. The standard InChI is InChI=1S/C33H39N3O5S/c1-7-10-19-36-26-14-12-11-13-25(26)21(4)30(36)31(38)34-32-29(33(39)40-6)28(22(5)42-32)23-15-17-24(18-16-23)41-20-27(37)35(8-2)9-3/h11-18H,7-10,19-20H2,1-6H3,(H,34,38). The van der Waals surface area contributed by atoms with Gasteiger partial charge in [0.15, 0.2) is 6.61 Å². The lowest BCUT2D eigenvalue weighted by Gasteiger charge is -2.18. The van der Waals surface area contributed by atoms with Gasteiger partial charge in [-0.3, -0.25) is 9.59 Å². The number of aryl methyl sites for hydroxylation is 3. The van der Waals surface area contributed by atoms with Gasteiger partial charge in [0.05, 0.1) is 7.11 Å². The van der Waals surface area contributed by atoms with E-state index in [9.17, 15) is 14.4 Å². The normalized spacial score (nSPS) is 11.0. The second-order valence-corrected chi connectivity index (χ2v) is 11.3. The fourth-order valence-electron chi connectivity index (χ4n) is 5.29. The van der Waals surface area contributed by atoms with E-state index in [4.69, 9.17) is 9.47 Å². The van der Waals surface area contributed by atoms with Crippen molar-refractivity contribution in [3.63, 3.8) is 0 Å². The summed E-state index contributed by atoms with van der Waals surface area (Å²) in [4.78, 5) is 41.8. The Kier molecular flexibility index (Phi) is 10.1. The van der Waals surface area contributed by atoms with E-state index in [0.29, 0.717) is 40.7 Å². The van der Waals surface area contributed by atoms with Crippen LogP contribution >= 0.6 is 11.3 Å². The molecule has 4 aromatic rings. The number of thiophene rings is 1. The third-order valence-corrected chi connectivity index (χ3v) is 8.52. The van der Waals surface area contributed by atoms with Crippen LogP contribution in [0.5, 0.6) is 5.75 Å². The van der Waals surface area contributed by atoms with Gasteiger partial charge in [-0.25, -0.2) is 4.79 Å². The number of para-hydroxylation sites is 1. The summed E-state index contributed by atoms with van der Waals surface area (Å²) in [5.74, 6) is -0.317. The molecule has 0 aliphatic rings. The number of esters is 1. The molecule has 0 bridgehead atoms. The van der Waals surface area contributed by atoms with E-state index in [1.54, 1.807) is 17.0 Å². The number of rotatable bonds is 12. The number of nitrogens with one attached hydrogen (secondary N) is 1. The average molecular weight is 590 g/mol. The number of methoxy groups -OCH3 is 1. The smallest absolute Gasteiger partial charge is 0.341 e. The Morgan fingerprint density at radius 2 is 1.67 bits per heavy atom. The van der Waals surface area contributed by atoms with Crippen molar-refractivity contribution in [2.75, 3.05) is 32.1 Å². The van der Waals surface area contributed by atoms with Crippen molar-refractivity contribution in [2.24, 2.45) is 0 Å². The summed E-state index contributed by atoms with van der Waals surface area (Å²) in [6.45, 7) is 11.8. The highest BCUT2D eigenvalue weighted by Gasteiger charge is 2.27. The zero-order valence-corrected chi connectivity index (χ0v) is 26.0. The van der Waals surface area contributed by atoms with Crippen LogP contribution in [0.25, 0.3) is 22.0 Å². The molecule has 0 aliphatic carbocycles. The molecule has 0 radical (unpaired) electrons. The molecule has 0 unspecified atom stereocenters. The topological polar surface area (TPSA) is 89.9 Å². The van der Waals surface area contributed by atoms with E-state index < -0.39 is 5.97 Å². The fourth-order valence-corrected chi connectivity index (χ4v) is 6.35. The Hall–Kier alpha value is -4.11. The Balaban J connectivity index is 1.66. The van der Waals surface area contributed by atoms with E-state index >= 15 is 0 Å². The van der Waals surface area contributed by atoms with Gasteiger partial charge in [0.1, 0.15) is 22.0 Å². The second-order valence-electron chi connectivity index (χ2n) is 10.1. The van der Waals surface area contributed by atoms with Crippen molar-refractivity contribution in [1.82, 2.24) is 9.47 Å². The number of likely N-dealkylation sites (N-methyl/N-ethyl adjacent to an activating group) is 1. The van der Waals surface area contributed by atoms with Crippen LogP contribution in [0.2, 0.25) is 0 Å². The molecule has 222 valence electrons. The quantitative estimate of drug-likeness (QED) is 0.179. The Labute approximate surface area is 251 Å². The highest BCUT2D eigenvalue weighted by atomic mass is 32.1. The van der Waals surface area contributed by atoms with Crippen LogP contribution in [0.1, 0.15) is 64.9 Å². The molecule has 0 fully saturated rings. The summed E-state index contributed by atoms with van der Waals surface area (Å²) in [5, 5.41) is 4.53.